The zero-order valence-electron chi connectivity index (χ0n) is 11.2. The van der Waals surface area contributed by atoms with Gasteiger partial charge in [0.1, 0.15) is 6.54 Å². The summed E-state index contributed by atoms with van der Waals surface area (Å²) in [6.07, 6.45) is 2.67. The summed E-state index contributed by atoms with van der Waals surface area (Å²) in [5.41, 5.74) is 1.85. The number of hydrogen-bond acceptors (Lipinski definition) is 4. The van der Waals surface area contributed by atoms with Crippen molar-refractivity contribution in [1.29, 1.82) is 0 Å². The molecule has 0 bridgehead atoms. The lowest BCUT2D eigenvalue weighted by Crippen LogP contribution is -2.40. The van der Waals surface area contributed by atoms with Gasteiger partial charge in [-0.3, -0.25) is 19.5 Å². The summed E-state index contributed by atoms with van der Waals surface area (Å²) in [6, 6.07) is 3.26. The van der Waals surface area contributed by atoms with Gasteiger partial charge in [-0.1, -0.05) is 13.0 Å². The molecule has 4 amide bonds. The summed E-state index contributed by atoms with van der Waals surface area (Å²) in [7, 11) is 0. The molecule has 0 aliphatic carbocycles. The number of rotatable bonds is 5. The maximum Gasteiger partial charge on any atom is 0.325 e. The summed E-state index contributed by atoms with van der Waals surface area (Å²) >= 11 is 0. The highest BCUT2D eigenvalue weighted by molar-refractivity contribution is 6.04. The van der Waals surface area contributed by atoms with Crippen molar-refractivity contribution in [2.24, 2.45) is 0 Å². The van der Waals surface area contributed by atoms with Gasteiger partial charge in [-0.05, 0) is 18.1 Å². The first kappa shape index (κ1) is 14.0. The van der Waals surface area contributed by atoms with E-state index in [1.807, 2.05) is 19.1 Å². The van der Waals surface area contributed by atoms with Gasteiger partial charge in [0.15, 0.2) is 0 Å². The van der Waals surface area contributed by atoms with E-state index in [4.69, 9.17) is 0 Å². The van der Waals surface area contributed by atoms with Crippen LogP contribution in [0.5, 0.6) is 0 Å². The molecule has 1 aliphatic heterocycles. The summed E-state index contributed by atoms with van der Waals surface area (Å²) < 4.78 is 0. The molecule has 1 saturated heterocycles. The Hall–Kier alpha value is -2.44. The van der Waals surface area contributed by atoms with Crippen LogP contribution in [0.4, 0.5) is 4.79 Å². The molecule has 7 nitrogen and oxygen atoms in total. The molecule has 1 aromatic heterocycles. The Morgan fingerprint density at radius 1 is 1.45 bits per heavy atom. The molecule has 2 heterocycles. The molecular formula is C13H16N4O3. The van der Waals surface area contributed by atoms with Crippen molar-refractivity contribution >= 4 is 17.8 Å². The number of pyridine rings is 1. The molecule has 0 saturated carbocycles. The molecule has 0 atom stereocenters. The molecule has 106 valence electrons. The van der Waals surface area contributed by atoms with E-state index in [2.05, 4.69) is 15.6 Å². The number of nitrogens with one attached hydrogen (secondary N) is 2. The first-order valence-electron chi connectivity index (χ1n) is 6.39. The number of amides is 4. The molecule has 2 N–H and O–H groups in total. The number of carbonyl (C=O) groups is 3. The van der Waals surface area contributed by atoms with Gasteiger partial charge in [0.2, 0.25) is 5.91 Å². The first-order chi connectivity index (χ1) is 9.60. The Morgan fingerprint density at radius 3 is 2.80 bits per heavy atom. The van der Waals surface area contributed by atoms with Gasteiger partial charge < -0.3 is 10.6 Å². The summed E-state index contributed by atoms with van der Waals surface area (Å²) in [4.78, 5) is 39.4. The predicted molar refractivity (Wildman–Crippen MR) is 70.6 cm³/mol. The van der Waals surface area contributed by atoms with Gasteiger partial charge in [-0.2, -0.15) is 0 Å². The van der Waals surface area contributed by atoms with Gasteiger partial charge in [0, 0.05) is 6.20 Å². The molecule has 0 unspecified atom stereocenters. The smallest absolute Gasteiger partial charge is 0.325 e. The van der Waals surface area contributed by atoms with Crippen LogP contribution in [0, 0.1) is 0 Å². The molecule has 1 aromatic rings. The number of carbonyl (C=O) groups excluding carboxylic acids is 3. The van der Waals surface area contributed by atoms with Gasteiger partial charge in [-0.15, -0.1) is 0 Å². The Bertz CT molecular complexity index is 511. The maximum atomic E-state index is 11.7. The van der Waals surface area contributed by atoms with Crippen LogP contribution in [-0.4, -0.2) is 40.8 Å². The van der Waals surface area contributed by atoms with Crippen molar-refractivity contribution < 1.29 is 14.4 Å². The third kappa shape index (κ3) is 3.31. The van der Waals surface area contributed by atoms with E-state index in [1.165, 1.54) is 0 Å². The van der Waals surface area contributed by atoms with Crippen LogP contribution in [0.25, 0.3) is 0 Å². The van der Waals surface area contributed by atoms with Gasteiger partial charge in [-0.25, -0.2) is 4.79 Å². The van der Waals surface area contributed by atoms with E-state index in [0.29, 0.717) is 0 Å². The van der Waals surface area contributed by atoms with Crippen molar-refractivity contribution in [3.63, 3.8) is 0 Å². The highest BCUT2D eigenvalue weighted by Gasteiger charge is 2.29. The molecule has 0 aromatic carbocycles. The molecule has 0 spiro atoms. The van der Waals surface area contributed by atoms with E-state index in [9.17, 15) is 14.4 Å². The molecule has 0 radical (unpaired) electrons. The van der Waals surface area contributed by atoms with Crippen molar-refractivity contribution in [3.8, 4) is 0 Å². The largest absolute Gasteiger partial charge is 0.349 e. The third-order valence-electron chi connectivity index (χ3n) is 3.00. The molecule has 1 aliphatic rings. The highest BCUT2D eigenvalue weighted by Crippen LogP contribution is 2.01. The van der Waals surface area contributed by atoms with Crippen LogP contribution in [-0.2, 0) is 22.6 Å². The van der Waals surface area contributed by atoms with Crippen LogP contribution in [0.3, 0.4) is 0 Å². The number of imide groups is 1. The minimum atomic E-state index is -0.532. The SMILES string of the molecule is CCc1ccc(CNC(=O)CN2C(=O)CNC2=O)nc1. The minimum absolute atomic E-state index is 0.0495. The van der Waals surface area contributed by atoms with E-state index in [0.717, 1.165) is 22.6 Å². The number of urea groups is 1. The lowest BCUT2D eigenvalue weighted by atomic mass is 10.2. The normalized spacial score (nSPS) is 14.3. The number of aryl methyl sites for hydroxylation is 1. The van der Waals surface area contributed by atoms with Gasteiger partial charge >= 0.3 is 6.03 Å². The monoisotopic (exact) mass is 276 g/mol. The van der Waals surface area contributed by atoms with Crippen molar-refractivity contribution in [3.05, 3.63) is 29.6 Å². The van der Waals surface area contributed by atoms with Gasteiger partial charge in [0.05, 0.1) is 18.8 Å². The van der Waals surface area contributed by atoms with Crippen molar-refractivity contribution in [2.75, 3.05) is 13.1 Å². The molecule has 7 heteroatoms. The summed E-state index contributed by atoms with van der Waals surface area (Å²) in [5, 5.41) is 4.99. The quantitative estimate of drug-likeness (QED) is 0.729. The van der Waals surface area contributed by atoms with Gasteiger partial charge in [0.25, 0.3) is 5.91 Å². The predicted octanol–water partition coefficient (Wildman–Crippen LogP) is -0.188. The van der Waals surface area contributed by atoms with Crippen LogP contribution in [0.1, 0.15) is 18.2 Å². The second kappa shape index (κ2) is 6.14. The second-order valence-corrected chi connectivity index (χ2v) is 4.43. The lowest BCUT2D eigenvalue weighted by Gasteiger charge is -2.12. The van der Waals surface area contributed by atoms with Crippen LogP contribution >= 0.6 is 0 Å². The fourth-order valence-corrected chi connectivity index (χ4v) is 1.77. The molecule has 2 rings (SSSR count). The molecular weight excluding hydrogens is 260 g/mol. The average molecular weight is 276 g/mol. The van der Waals surface area contributed by atoms with Crippen LogP contribution in [0.15, 0.2) is 18.3 Å². The van der Waals surface area contributed by atoms with E-state index >= 15 is 0 Å². The Kier molecular flexibility index (Phi) is 4.29. The van der Waals surface area contributed by atoms with E-state index in [-0.39, 0.29) is 19.6 Å². The zero-order chi connectivity index (χ0) is 14.5. The Balaban J connectivity index is 1.82. The maximum absolute atomic E-state index is 11.7. The zero-order valence-corrected chi connectivity index (χ0v) is 11.2. The van der Waals surface area contributed by atoms with Crippen LogP contribution < -0.4 is 10.6 Å². The average Bonchev–Trinajstić information content (AvgIpc) is 2.77. The first-order valence-corrected chi connectivity index (χ1v) is 6.39. The van der Waals surface area contributed by atoms with Crippen LogP contribution in [0.2, 0.25) is 0 Å². The summed E-state index contributed by atoms with van der Waals surface area (Å²) in [6.45, 7) is 1.99. The fraction of sp³-hybridized carbons (Fsp3) is 0.385. The number of nitrogens with zero attached hydrogens (tertiary/aromatic N) is 2. The third-order valence-corrected chi connectivity index (χ3v) is 3.00. The molecule has 20 heavy (non-hydrogen) atoms. The standard InChI is InChI=1S/C13H16N4O3/c1-2-9-3-4-10(14-5-9)6-15-11(18)8-17-12(19)7-16-13(17)20/h3-5H,2,6-8H2,1H3,(H,15,18)(H,16,20). The number of aromatic nitrogens is 1. The van der Waals surface area contributed by atoms with E-state index in [1.54, 1.807) is 6.20 Å². The second-order valence-electron chi connectivity index (χ2n) is 4.43. The van der Waals surface area contributed by atoms with E-state index < -0.39 is 17.8 Å². The Labute approximate surface area is 116 Å². The minimum Gasteiger partial charge on any atom is -0.349 e. The highest BCUT2D eigenvalue weighted by atomic mass is 16.2. The number of hydrogen-bond donors (Lipinski definition) is 2. The molecule has 1 fully saturated rings. The fourth-order valence-electron chi connectivity index (χ4n) is 1.77. The Morgan fingerprint density at radius 2 is 2.25 bits per heavy atom. The van der Waals surface area contributed by atoms with Crippen molar-refractivity contribution in [1.82, 2.24) is 20.5 Å². The topological polar surface area (TPSA) is 91.4 Å². The van der Waals surface area contributed by atoms with Crippen molar-refractivity contribution in [2.45, 2.75) is 19.9 Å². The summed E-state index contributed by atoms with van der Waals surface area (Å²) in [5.74, 6) is -0.785. The lowest BCUT2D eigenvalue weighted by molar-refractivity contribution is -0.130.